The molecule has 4 heteroatoms. The summed E-state index contributed by atoms with van der Waals surface area (Å²) in [6.07, 6.45) is 1.46. The Kier molecular flexibility index (Phi) is 4.69. The van der Waals surface area contributed by atoms with Crippen molar-refractivity contribution in [2.24, 2.45) is 5.73 Å². The van der Waals surface area contributed by atoms with Crippen molar-refractivity contribution in [1.29, 1.82) is 0 Å². The van der Waals surface area contributed by atoms with E-state index in [9.17, 15) is 8.78 Å². The predicted molar refractivity (Wildman–Crippen MR) is 74.8 cm³/mol. The van der Waals surface area contributed by atoms with Crippen LogP contribution in [0.25, 0.3) is 0 Å². The first-order valence-electron chi connectivity index (χ1n) is 6.57. The zero-order valence-corrected chi connectivity index (χ0v) is 11.3. The van der Waals surface area contributed by atoms with Crippen LogP contribution >= 0.6 is 0 Å². The number of benzene rings is 2. The molecule has 1 unspecified atom stereocenters. The van der Waals surface area contributed by atoms with Crippen LogP contribution in [0.4, 0.5) is 8.78 Å². The third kappa shape index (κ3) is 3.33. The Morgan fingerprint density at radius 2 is 1.75 bits per heavy atom. The van der Waals surface area contributed by atoms with Crippen molar-refractivity contribution in [3.63, 3.8) is 0 Å². The van der Waals surface area contributed by atoms with E-state index < -0.39 is 11.6 Å². The highest BCUT2D eigenvalue weighted by molar-refractivity contribution is 5.39. The minimum atomic E-state index is -0.984. The number of halogens is 2. The van der Waals surface area contributed by atoms with Crippen molar-refractivity contribution in [2.45, 2.75) is 25.8 Å². The van der Waals surface area contributed by atoms with Gasteiger partial charge in [-0.15, -0.1) is 0 Å². The van der Waals surface area contributed by atoms with Gasteiger partial charge in [0.2, 0.25) is 5.82 Å². The zero-order chi connectivity index (χ0) is 14.5. The van der Waals surface area contributed by atoms with Crippen LogP contribution in [0, 0.1) is 11.6 Å². The van der Waals surface area contributed by atoms with Crippen LogP contribution < -0.4 is 10.5 Å². The molecule has 0 aliphatic carbocycles. The second-order valence-corrected chi connectivity index (χ2v) is 4.63. The average Bonchev–Trinajstić information content (AvgIpc) is 2.45. The molecule has 0 aromatic heterocycles. The van der Waals surface area contributed by atoms with E-state index >= 15 is 0 Å². The zero-order valence-electron chi connectivity index (χ0n) is 11.3. The Balaban J connectivity index is 2.27. The minimum absolute atomic E-state index is 0.0112. The fraction of sp³-hybridized carbons (Fsp3) is 0.250. The highest BCUT2D eigenvalue weighted by Crippen LogP contribution is 2.29. The summed E-state index contributed by atoms with van der Waals surface area (Å²) in [6, 6.07) is 11.1. The quantitative estimate of drug-likeness (QED) is 0.895. The minimum Gasteiger partial charge on any atom is -0.454 e. The summed E-state index contributed by atoms with van der Waals surface area (Å²) in [6.45, 7) is 2.00. The maximum absolute atomic E-state index is 13.6. The number of para-hydroxylation sites is 1. The molecule has 2 rings (SSSR count). The normalized spacial score (nSPS) is 12.2. The molecule has 2 nitrogen and oxygen atoms in total. The van der Waals surface area contributed by atoms with Crippen LogP contribution in [0.2, 0.25) is 0 Å². The second kappa shape index (κ2) is 6.48. The highest BCUT2D eigenvalue weighted by atomic mass is 19.2. The van der Waals surface area contributed by atoms with E-state index in [0.29, 0.717) is 12.2 Å². The fourth-order valence-electron chi connectivity index (χ4n) is 1.88. The van der Waals surface area contributed by atoms with Gasteiger partial charge in [-0.2, -0.15) is 4.39 Å². The molecule has 2 N–H and O–H groups in total. The molecule has 2 aromatic carbocycles. The van der Waals surface area contributed by atoms with E-state index in [2.05, 4.69) is 0 Å². The molecule has 20 heavy (non-hydrogen) atoms. The molecule has 1 atom stereocenters. The van der Waals surface area contributed by atoms with Crippen LogP contribution in [0.1, 0.15) is 18.9 Å². The van der Waals surface area contributed by atoms with Crippen molar-refractivity contribution in [1.82, 2.24) is 0 Å². The smallest absolute Gasteiger partial charge is 0.201 e. The molecule has 106 valence electrons. The van der Waals surface area contributed by atoms with Gasteiger partial charge >= 0.3 is 0 Å². The molecular weight excluding hydrogens is 260 g/mol. The molecule has 0 bridgehead atoms. The van der Waals surface area contributed by atoms with Crippen molar-refractivity contribution < 1.29 is 13.5 Å². The number of hydrogen-bond acceptors (Lipinski definition) is 2. The highest BCUT2D eigenvalue weighted by Gasteiger charge is 2.12. The molecule has 2 aromatic rings. The van der Waals surface area contributed by atoms with E-state index in [1.807, 2.05) is 19.1 Å². The molecule has 0 aliphatic heterocycles. The molecule has 0 heterocycles. The summed E-state index contributed by atoms with van der Waals surface area (Å²) >= 11 is 0. The van der Waals surface area contributed by atoms with Gasteiger partial charge in [0.1, 0.15) is 5.75 Å². The summed E-state index contributed by atoms with van der Waals surface area (Å²) in [4.78, 5) is 0. The number of ether oxygens (including phenoxy) is 1. The molecule has 0 saturated carbocycles. The van der Waals surface area contributed by atoms with Crippen molar-refractivity contribution in [3.8, 4) is 11.5 Å². The Morgan fingerprint density at radius 1 is 1.05 bits per heavy atom. The SMILES string of the molecule is CCC(N)Cc1ccccc1Oc1cccc(F)c1F. The Labute approximate surface area is 117 Å². The standard InChI is InChI=1S/C16H17F2NO/c1-2-12(19)10-11-6-3-4-8-14(11)20-15-9-5-7-13(17)16(15)18/h3-9,12H,2,10,19H2,1H3. The van der Waals surface area contributed by atoms with Crippen LogP contribution in [0.15, 0.2) is 42.5 Å². The van der Waals surface area contributed by atoms with E-state index in [1.54, 1.807) is 12.1 Å². The molecule has 0 aliphatic rings. The van der Waals surface area contributed by atoms with Crippen LogP contribution in [0.3, 0.4) is 0 Å². The fourth-order valence-corrected chi connectivity index (χ4v) is 1.88. The lowest BCUT2D eigenvalue weighted by Crippen LogP contribution is -2.21. The van der Waals surface area contributed by atoms with Gasteiger partial charge in [-0.1, -0.05) is 31.2 Å². The van der Waals surface area contributed by atoms with Crippen LogP contribution in [0.5, 0.6) is 11.5 Å². The molecule has 0 radical (unpaired) electrons. The van der Waals surface area contributed by atoms with Gasteiger partial charge in [-0.25, -0.2) is 4.39 Å². The topological polar surface area (TPSA) is 35.2 Å². The molecular formula is C16H17F2NO. The molecule has 0 saturated heterocycles. The number of nitrogens with two attached hydrogens (primary N) is 1. The first-order chi connectivity index (χ1) is 9.61. The van der Waals surface area contributed by atoms with E-state index in [4.69, 9.17) is 10.5 Å². The Hall–Kier alpha value is -1.94. The largest absolute Gasteiger partial charge is 0.454 e. The van der Waals surface area contributed by atoms with Gasteiger partial charge in [0, 0.05) is 6.04 Å². The lowest BCUT2D eigenvalue weighted by atomic mass is 10.0. The third-order valence-electron chi connectivity index (χ3n) is 3.12. The van der Waals surface area contributed by atoms with Crippen LogP contribution in [-0.2, 0) is 6.42 Å². The van der Waals surface area contributed by atoms with E-state index in [0.717, 1.165) is 18.1 Å². The molecule has 0 amide bonds. The van der Waals surface area contributed by atoms with E-state index in [1.165, 1.54) is 12.1 Å². The lowest BCUT2D eigenvalue weighted by Gasteiger charge is -2.14. The molecule has 0 spiro atoms. The van der Waals surface area contributed by atoms with Gasteiger partial charge in [0.15, 0.2) is 11.6 Å². The van der Waals surface area contributed by atoms with Gasteiger partial charge in [-0.05, 0) is 36.6 Å². The first-order valence-corrected chi connectivity index (χ1v) is 6.57. The number of rotatable bonds is 5. The number of hydrogen-bond donors (Lipinski definition) is 1. The molecule has 0 fully saturated rings. The summed E-state index contributed by atoms with van der Waals surface area (Å²) in [7, 11) is 0. The van der Waals surface area contributed by atoms with Gasteiger partial charge < -0.3 is 10.5 Å². The summed E-state index contributed by atoms with van der Waals surface area (Å²) in [5.41, 5.74) is 6.81. The Morgan fingerprint density at radius 3 is 2.50 bits per heavy atom. The predicted octanol–water partition coefficient (Wildman–Crippen LogP) is 4.04. The summed E-state index contributed by atoms with van der Waals surface area (Å²) in [5.74, 6) is -1.53. The van der Waals surface area contributed by atoms with Crippen molar-refractivity contribution >= 4 is 0 Å². The van der Waals surface area contributed by atoms with Gasteiger partial charge in [0.05, 0.1) is 0 Å². The van der Waals surface area contributed by atoms with Gasteiger partial charge in [-0.3, -0.25) is 0 Å². The Bertz CT molecular complexity index is 586. The van der Waals surface area contributed by atoms with Crippen molar-refractivity contribution in [3.05, 3.63) is 59.7 Å². The third-order valence-corrected chi connectivity index (χ3v) is 3.12. The lowest BCUT2D eigenvalue weighted by molar-refractivity contribution is 0.411. The summed E-state index contributed by atoms with van der Waals surface area (Å²) in [5, 5.41) is 0. The maximum Gasteiger partial charge on any atom is 0.201 e. The maximum atomic E-state index is 13.6. The average molecular weight is 277 g/mol. The summed E-state index contributed by atoms with van der Waals surface area (Å²) < 4.78 is 32.3. The van der Waals surface area contributed by atoms with E-state index in [-0.39, 0.29) is 11.8 Å². The van der Waals surface area contributed by atoms with Gasteiger partial charge in [0.25, 0.3) is 0 Å². The van der Waals surface area contributed by atoms with Crippen LogP contribution in [-0.4, -0.2) is 6.04 Å². The monoisotopic (exact) mass is 277 g/mol. The first kappa shape index (κ1) is 14.5. The second-order valence-electron chi connectivity index (χ2n) is 4.63. The van der Waals surface area contributed by atoms with Crippen molar-refractivity contribution in [2.75, 3.05) is 0 Å².